The Labute approximate surface area is 133 Å². The topological polar surface area (TPSA) is 64.0 Å². The van der Waals surface area contributed by atoms with Crippen LogP contribution in [0.15, 0.2) is 0 Å². The summed E-state index contributed by atoms with van der Waals surface area (Å²) in [5.41, 5.74) is 0. The van der Waals surface area contributed by atoms with Crippen molar-refractivity contribution in [2.75, 3.05) is 32.8 Å². The molecule has 0 spiro atoms. The number of aliphatic hydroxyl groups is 1. The van der Waals surface area contributed by atoms with Gasteiger partial charge in [0.25, 0.3) is 0 Å². The van der Waals surface area contributed by atoms with Gasteiger partial charge in [-0.3, -0.25) is 14.6 Å². The van der Waals surface area contributed by atoms with E-state index in [-0.39, 0.29) is 13.0 Å². The van der Waals surface area contributed by atoms with E-state index in [1.165, 1.54) is 38.8 Å². The van der Waals surface area contributed by atoms with Crippen LogP contribution in [-0.4, -0.2) is 70.9 Å². The molecule has 1 unspecified atom stereocenters. The molecule has 3 fully saturated rings. The SMILES string of the molecule is O=C(O)CCCC1[C@H]2CCCN3CCC[C@@H](CN1CCO)[C@@H]23. The van der Waals surface area contributed by atoms with Crippen molar-refractivity contribution in [2.24, 2.45) is 11.8 Å². The molecule has 2 N–H and O–H groups in total. The fraction of sp³-hybridized carbons (Fsp3) is 0.941. The van der Waals surface area contributed by atoms with Crippen LogP contribution in [0.1, 0.15) is 44.9 Å². The number of hydrogen-bond donors (Lipinski definition) is 2. The average molecular weight is 310 g/mol. The van der Waals surface area contributed by atoms with E-state index in [1.54, 1.807) is 0 Å². The van der Waals surface area contributed by atoms with Crippen LogP contribution in [0.2, 0.25) is 0 Å². The molecule has 0 aromatic carbocycles. The van der Waals surface area contributed by atoms with Crippen LogP contribution in [-0.2, 0) is 4.79 Å². The van der Waals surface area contributed by atoms with E-state index in [4.69, 9.17) is 5.11 Å². The Hall–Kier alpha value is -0.650. The highest BCUT2D eigenvalue weighted by molar-refractivity contribution is 5.66. The number of rotatable bonds is 6. The van der Waals surface area contributed by atoms with Crippen LogP contribution >= 0.6 is 0 Å². The molecule has 3 heterocycles. The molecular formula is C17H30N2O3. The second kappa shape index (κ2) is 7.28. The van der Waals surface area contributed by atoms with Crippen molar-refractivity contribution in [2.45, 2.75) is 57.0 Å². The van der Waals surface area contributed by atoms with Crippen LogP contribution in [0.4, 0.5) is 0 Å². The maximum absolute atomic E-state index is 10.8. The first-order valence-corrected chi connectivity index (χ1v) is 9.01. The summed E-state index contributed by atoms with van der Waals surface area (Å²) in [6, 6.07) is 1.18. The second-order valence-corrected chi connectivity index (χ2v) is 7.31. The number of piperidine rings is 3. The van der Waals surface area contributed by atoms with Gasteiger partial charge in [-0.15, -0.1) is 0 Å². The molecule has 4 atom stereocenters. The minimum Gasteiger partial charge on any atom is -0.481 e. The molecule has 3 aliphatic rings. The van der Waals surface area contributed by atoms with Crippen molar-refractivity contribution >= 4 is 5.97 Å². The quantitative estimate of drug-likeness (QED) is 0.776. The average Bonchev–Trinajstić information content (AvgIpc) is 2.50. The maximum Gasteiger partial charge on any atom is 0.303 e. The number of nitrogens with zero attached hydrogens (tertiary/aromatic N) is 2. The first-order chi connectivity index (χ1) is 10.7. The van der Waals surface area contributed by atoms with Gasteiger partial charge < -0.3 is 10.2 Å². The van der Waals surface area contributed by atoms with Crippen molar-refractivity contribution in [3.05, 3.63) is 0 Å². The van der Waals surface area contributed by atoms with Crippen molar-refractivity contribution in [3.8, 4) is 0 Å². The lowest BCUT2D eigenvalue weighted by molar-refractivity contribution is -0.137. The summed E-state index contributed by atoms with van der Waals surface area (Å²) in [4.78, 5) is 16.0. The lowest BCUT2D eigenvalue weighted by Crippen LogP contribution is -2.64. The second-order valence-electron chi connectivity index (χ2n) is 7.31. The van der Waals surface area contributed by atoms with Gasteiger partial charge in [-0.1, -0.05) is 0 Å². The summed E-state index contributed by atoms with van der Waals surface area (Å²) < 4.78 is 0. The third kappa shape index (κ3) is 3.31. The summed E-state index contributed by atoms with van der Waals surface area (Å²) in [7, 11) is 0. The molecule has 3 rings (SSSR count). The van der Waals surface area contributed by atoms with Gasteiger partial charge >= 0.3 is 5.97 Å². The van der Waals surface area contributed by atoms with Crippen LogP contribution in [0.25, 0.3) is 0 Å². The van der Waals surface area contributed by atoms with Crippen LogP contribution < -0.4 is 0 Å². The summed E-state index contributed by atoms with van der Waals surface area (Å²) in [6.45, 7) is 4.55. The normalized spacial score (nSPS) is 36.0. The number of aliphatic carboxylic acids is 1. The predicted octanol–water partition coefficient (Wildman–Crippen LogP) is 1.41. The van der Waals surface area contributed by atoms with Crippen molar-refractivity contribution in [1.82, 2.24) is 9.80 Å². The molecule has 126 valence electrons. The molecule has 22 heavy (non-hydrogen) atoms. The predicted molar refractivity (Wildman–Crippen MR) is 84.7 cm³/mol. The van der Waals surface area contributed by atoms with E-state index in [0.29, 0.717) is 18.0 Å². The van der Waals surface area contributed by atoms with E-state index in [2.05, 4.69) is 9.80 Å². The van der Waals surface area contributed by atoms with E-state index >= 15 is 0 Å². The first-order valence-electron chi connectivity index (χ1n) is 9.01. The van der Waals surface area contributed by atoms with Gasteiger partial charge in [-0.05, 0) is 63.5 Å². The Kier molecular flexibility index (Phi) is 5.37. The fourth-order valence-corrected chi connectivity index (χ4v) is 5.33. The molecule has 0 aromatic rings. The Bertz CT molecular complexity index is 388. The fourth-order valence-electron chi connectivity index (χ4n) is 5.33. The molecule has 5 heteroatoms. The Morgan fingerprint density at radius 2 is 1.95 bits per heavy atom. The zero-order chi connectivity index (χ0) is 15.5. The number of aliphatic hydroxyl groups excluding tert-OH is 1. The molecule has 5 nitrogen and oxygen atoms in total. The smallest absolute Gasteiger partial charge is 0.303 e. The highest BCUT2D eigenvalue weighted by Crippen LogP contribution is 2.43. The van der Waals surface area contributed by atoms with E-state index in [9.17, 15) is 9.90 Å². The summed E-state index contributed by atoms with van der Waals surface area (Å²) >= 11 is 0. The number of carboxylic acids is 1. The highest BCUT2D eigenvalue weighted by atomic mass is 16.4. The van der Waals surface area contributed by atoms with E-state index in [1.807, 2.05) is 0 Å². The van der Waals surface area contributed by atoms with Crippen LogP contribution in [0.5, 0.6) is 0 Å². The van der Waals surface area contributed by atoms with Gasteiger partial charge in [-0.25, -0.2) is 0 Å². The summed E-state index contributed by atoms with van der Waals surface area (Å²) in [6.07, 6.45) is 7.18. The zero-order valence-electron chi connectivity index (χ0n) is 13.5. The lowest BCUT2D eigenvalue weighted by Gasteiger charge is -2.57. The number of carboxylic acid groups (broad SMARTS) is 1. The Morgan fingerprint density at radius 3 is 2.68 bits per heavy atom. The molecule has 3 aliphatic heterocycles. The zero-order valence-corrected chi connectivity index (χ0v) is 13.5. The minimum absolute atomic E-state index is 0.212. The molecule has 0 bridgehead atoms. The largest absolute Gasteiger partial charge is 0.481 e. The number of carbonyl (C=O) groups is 1. The Balaban J connectivity index is 1.72. The van der Waals surface area contributed by atoms with Gasteiger partial charge in [0.15, 0.2) is 0 Å². The standard InChI is InChI=1S/C17H30N2O3/c20-11-10-19-12-13-4-2-8-18-9-3-5-14(17(13)18)15(19)6-1-7-16(21)22/h13-15,17,20H,1-12H2,(H,21,22)/t13-,14+,15?,17-/m0/s1. The monoisotopic (exact) mass is 310 g/mol. The third-order valence-electron chi connectivity index (χ3n) is 6.06. The van der Waals surface area contributed by atoms with Gasteiger partial charge in [0.2, 0.25) is 0 Å². The number of β-amino-alcohol motifs (C(OH)–C–C–N with tert-alkyl or cyclic N) is 1. The van der Waals surface area contributed by atoms with E-state index < -0.39 is 5.97 Å². The molecule has 3 saturated heterocycles. The molecular weight excluding hydrogens is 280 g/mol. The lowest BCUT2D eigenvalue weighted by atomic mass is 9.69. The first kappa shape index (κ1) is 16.2. The van der Waals surface area contributed by atoms with Crippen LogP contribution in [0, 0.1) is 11.8 Å². The molecule has 0 amide bonds. The van der Waals surface area contributed by atoms with Crippen molar-refractivity contribution < 1.29 is 15.0 Å². The van der Waals surface area contributed by atoms with Gasteiger partial charge in [0.05, 0.1) is 6.61 Å². The number of likely N-dealkylation sites (tertiary alicyclic amines) is 1. The Morgan fingerprint density at radius 1 is 1.18 bits per heavy atom. The van der Waals surface area contributed by atoms with Gasteiger partial charge in [-0.2, -0.15) is 0 Å². The summed E-state index contributed by atoms with van der Waals surface area (Å²) in [5, 5.41) is 18.3. The van der Waals surface area contributed by atoms with Crippen molar-refractivity contribution in [1.29, 1.82) is 0 Å². The van der Waals surface area contributed by atoms with Gasteiger partial charge in [0.1, 0.15) is 0 Å². The highest BCUT2D eigenvalue weighted by Gasteiger charge is 2.47. The molecule has 0 aromatic heterocycles. The third-order valence-corrected chi connectivity index (χ3v) is 6.06. The molecule has 0 aliphatic carbocycles. The van der Waals surface area contributed by atoms with Gasteiger partial charge in [0, 0.05) is 31.6 Å². The minimum atomic E-state index is -0.690. The van der Waals surface area contributed by atoms with E-state index in [0.717, 1.165) is 31.8 Å². The molecule has 0 saturated carbocycles. The maximum atomic E-state index is 10.8. The number of hydrogen-bond acceptors (Lipinski definition) is 4. The molecule has 0 radical (unpaired) electrons. The summed E-state index contributed by atoms with van der Waals surface area (Å²) in [5.74, 6) is 0.736. The van der Waals surface area contributed by atoms with Crippen LogP contribution in [0.3, 0.4) is 0 Å². The van der Waals surface area contributed by atoms with Crippen molar-refractivity contribution in [3.63, 3.8) is 0 Å².